The van der Waals surface area contributed by atoms with Gasteiger partial charge in [0.2, 0.25) is 0 Å². The van der Waals surface area contributed by atoms with Crippen LogP contribution in [0.2, 0.25) is 0 Å². The van der Waals surface area contributed by atoms with Crippen molar-refractivity contribution in [2.45, 2.75) is 14.4 Å². The standard InChI is InChI=1S/C4H6O2.CH4/c1-3-6-4(2)5;/h3H,1H2,2H3;1H4. The lowest BCUT2D eigenvalue weighted by molar-refractivity contribution is -0.135. The Morgan fingerprint density at radius 2 is 2.29 bits per heavy atom. The van der Waals surface area contributed by atoms with Crippen LogP contribution >= 0.6 is 0 Å². The maximum absolute atomic E-state index is 9.75. The zero-order valence-corrected chi connectivity index (χ0v) is 3.60. The van der Waals surface area contributed by atoms with Gasteiger partial charge in [-0.3, -0.25) is 4.79 Å². The molecule has 0 atom stereocenters. The van der Waals surface area contributed by atoms with Crippen molar-refractivity contribution < 1.29 is 9.53 Å². The van der Waals surface area contributed by atoms with Crippen LogP contribution in [0.25, 0.3) is 0 Å². The molecule has 0 heterocycles. The van der Waals surface area contributed by atoms with Crippen molar-refractivity contribution in [2.24, 2.45) is 0 Å². The molecule has 0 aromatic carbocycles. The zero-order valence-electron chi connectivity index (χ0n) is 3.60. The average Bonchev–Trinajstić information content (AvgIpc) is 1.35. The minimum Gasteiger partial charge on any atom is -0.435 e. The van der Waals surface area contributed by atoms with Crippen molar-refractivity contribution in [3.63, 3.8) is 0 Å². The van der Waals surface area contributed by atoms with E-state index in [1.54, 1.807) is 0 Å². The minimum absolute atomic E-state index is 0. The van der Waals surface area contributed by atoms with E-state index in [1.165, 1.54) is 6.92 Å². The summed E-state index contributed by atoms with van der Waals surface area (Å²) in [6, 6.07) is 0. The van der Waals surface area contributed by atoms with Crippen molar-refractivity contribution in [1.29, 1.82) is 0 Å². The van der Waals surface area contributed by atoms with Gasteiger partial charge in [-0.25, -0.2) is 0 Å². The third-order valence-electron chi connectivity index (χ3n) is 0.249. The van der Waals surface area contributed by atoms with Crippen molar-refractivity contribution in [2.75, 3.05) is 0 Å². The molecule has 0 amide bonds. The van der Waals surface area contributed by atoms with Crippen LogP contribution in [-0.2, 0) is 9.53 Å². The van der Waals surface area contributed by atoms with Gasteiger partial charge in [0, 0.05) is 6.92 Å². The van der Waals surface area contributed by atoms with Gasteiger partial charge in [0.05, 0.1) is 6.26 Å². The fourth-order valence-electron chi connectivity index (χ4n) is 0.117. The molecule has 0 aliphatic carbocycles. The van der Waals surface area contributed by atoms with Crippen LogP contribution in [-0.4, -0.2) is 5.97 Å². The zero-order chi connectivity index (χ0) is 4.99. The first kappa shape index (κ1) is 9.51. The predicted octanol–water partition coefficient (Wildman–Crippen LogP) is 1.33. The molecule has 0 saturated heterocycles. The van der Waals surface area contributed by atoms with Gasteiger partial charge in [-0.2, -0.15) is 0 Å². The molecule has 0 saturated carbocycles. The Balaban J connectivity index is 0. The summed E-state index contributed by atoms with van der Waals surface area (Å²) >= 11 is 0. The van der Waals surface area contributed by atoms with E-state index in [0.717, 1.165) is 6.26 Å². The van der Waals surface area contributed by atoms with Gasteiger partial charge in [0.1, 0.15) is 0 Å². The lowest BCUT2D eigenvalue weighted by atomic mass is 10.8. The van der Waals surface area contributed by atoms with Crippen LogP contribution in [0, 0.1) is 0 Å². The second-order valence-corrected chi connectivity index (χ2v) is 0.776. The number of hydrogen-bond acceptors (Lipinski definition) is 2. The van der Waals surface area contributed by atoms with E-state index in [-0.39, 0.29) is 13.4 Å². The number of esters is 1. The largest absolute Gasteiger partial charge is 0.435 e. The van der Waals surface area contributed by atoms with E-state index in [0.29, 0.717) is 0 Å². The van der Waals surface area contributed by atoms with Gasteiger partial charge in [0.15, 0.2) is 0 Å². The van der Waals surface area contributed by atoms with Crippen molar-refractivity contribution in [1.82, 2.24) is 0 Å². The SMILES string of the molecule is C.C=COC(C)=O. The fraction of sp³-hybridized carbons (Fsp3) is 0.400. The first-order valence-electron chi connectivity index (χ1n) is 1.55. The first-order chi connectivity index (χ1) is 2.77. The molecule has 0 aliphatic rings. The van der Waals surface area contributed by atoms with Crippen LogP contribution in [0.1, 0.15) is 14.4 Å². The van der Waals surface area contributed by atoms with Crippen LogP contribution in [0.15, 0.2) is 12.8 Å². The summed E-state index contributed by atoms with van der Waals surface area (Å²) in [5, 5.41) is 0. The first-order valence-corrected chi connectivity index (χ1v) is 1.55. The maximum atomic E-state index is 9.75. The Bertz CT molecular complexity index is 66.5. The predicted molar refractivity (Wildman–Crippen MR) is 28.7 cm³/mol. The number of ether oxygens (including phenoxy) is 1. The van der Waals surface area contributed by atoms with Crippen molar-refractivity contribution in [3.05, 3.63) is 12.8 Å². The molecule has 0 fully saturated rings. The number of rotatable bonds is 1. The lowest BCUT2D eigenvalue weighted by Gasteiger charge is -1.83. The summed E-state index contributed by atoms with van der Waals surface area (Å²) in [5.41, 5.74) is 0. The molecule has 0 bridgehead atoms. The van der Waals surface area contributed by atoms with E-state index >= 15 is 0 Å². The van der Waals surface area contributed by atoms with Gasteiger partial charge in [0.25, 0.3) is 0 Å². The highest BCUT2D eigenvalue weighted by Gasteiger charge is 1.79. The molecule has 0 rings (SSSR count). The number of carbonyl (C=O) groups is 1. The van der Waals surface area contributed by atoms with Gasteiger partial charge >= 0.3 is 5.97 Å². The van der Waals surface area contributed by atoms with E-state index < -0.39 is 0 Å². The Morgan fingerprint density at radius 1 is 1.86 bits per heavy atom. The molecule has 0 unspecified atom stereocenters. The second kappa shape index (κ2) is 5.21. The topological polar surface area (TPSA) is 26.3 Å². The molecule has 7 heavy (non-hydrogen) atoms. The van der Waals surface area contributed by atoms with Crippen molar-refractivity contribution >= 4 is 5.97 Å². The van der Waals surface area contributed by atoms with E-state index in [1.807, 2.05) is 0 Å². The summed E-state index contributed by atoms with van der Waals surface area (Å²) in [7, 11) is 0. The van der Waals surface area contributed by atoms with Crippen LogP contribution < -0.4 is 0 Å². The van der Waals surface area contributed by atoms with E-state index in [4.69, 9.17) is 0 Å². The summed E-state index contributed by atoms with van der Waals surface area (Å²) in [5.74, 6) is -0.329. The molecule has 0 aliphatic heterocycles. The van der Waals surface area contributed by atoms with Crippen molar-refractivity contribution in [3.8, 4) is 0 Å². The summed E-state index contributed by atoms with van der Waals surface area (Å²) in [4.78, 5) is 9.75. The highest BCUT2D eigenvalue weighted by atomic mass is 16.5. The Morgan fingerprint density at radius 3 is 2.29 bits per heavy atom. The second-order valence-electron chi connectivity index (χ2n) is 0.776. The third kappa shape index (κ3) is 11.0. The van der Waals surface area contributed by atoms with Gasteiger partial charge in [-0.1, -0.05) is 14.0 Å². The fourth-order valence-corrected chi connectivity index (χ4v) is 0.117. The molecule has 0 aromatic heterocycles. The Hall–Kier alpha value is -0.790. The maximum Gasteiger partial charge on any atom is 0.307 e. The molecular formula is C5H10O2. The van der Waals surface area contributed by atoms with E-state index in [2.05, 4.69) is 11.3 Å². The summed E-state index contributed by atoms with van der Waals surface area (Å²) in [6.45, 7) is 4.48. The minimum atomic E-state index is -0.329. The van der Waals surface area contributed by atoms with Gasteiger partial charge in [-0.05, 0) is 0 Å². The summed E-state index contributed by atoms with van der Waals surface area (Å²) < 4.78 is 4.17. The summed E-state index contributed by atoms with van der Waals surface area (Å²) in [6.07, 6.45) is 1.10. The van der Waals surface area contributed by atoms with Gasteiger partial charge < -0.3 is 4.74 Å². The molecule has 0 N–H and O–H groups in total. The van der Waals surface area contributed by atoms with Crippen LogP contribution in [0.3, 0.4) is 0 Å². The Labute approximate surface area is 43.8 Å². The number of carbonyl (C=O) groups excluding carboxylic acids is 1. The van der Waals surface area contributed by atoms with Crippen LogP contribution in [0.4, 0.5) is 0 Å². The quantitative estimate of drug-likeness (QED) is 0.369. The number of hydrogen-bond donors (Lipinski definition) is 0. The smallest absolute Gasteiger partial charge is 0.307 e. The molecule has 2 heteroatoms. The molecule has 0 radical (unpaired) electrons. The lowest BCUT2D eigenvalue weighted by Crippen LogP contribution is -1.87. The molecule has 42 valence electrons. The molecular weight excluding hydrogens is 92.1 g/mol. The van der Waals surface area contributed by atoms with E-state index in [9.17, 15) is 4.79 Å². The highest BCUT2D eigenvalue weighted by Crippen LogP contribution is 1.70. The highest BCUT2D eigenvalue weighted by molar-refractivity contribution is 5.66. The van der Waals surface area contributed by atoms with Crippen LogP contribution in [0.5, 0.6) is 0 Å². The monoisotopic (exact) mass is 102 g/mol. The van der Waals surface area contributed by atoms with Gasteiger partial charge in [-0.15, -0.1) is 0 Å². The molecule has 0 aromatic rings. The third-order valence-corrected chi connectivity index (χ3v) is 0.249. The normalized spacial score (nSPS) is 5.86. The average molecular weight is 102 g/mol. The molecule has 2 nitrogen and oxygen atoms in total. The molecule has 0 spiro atoms. The Kier molecular flexibility index (Phi) is 7.08.